The number of amides is 2. The van der Waals surface area contributed by atoms with Crippen molar-refractivity contribution in [1.29, 1.82) is 0 Å². The summed E-state index contributed by atoms with van der Waals surface area (Å²) in [5, 5.41) is 2.87. The van der Waals surface area contributed by atoms with Gasteiger partial charge in [0.2, 0.25) is 5.91 Å². The Kier molecular flexibility index (Phi) is 8.07. The van der Waals surface area contributed by atoms with Gasteiger partial charge >= 0.3 is 0 Å². The molecule has 0 bridgehead atoms. The molecule has 1 atom stereocenters. The summed E-state index contributed by atoms with van der Waals surface area (Å²) < 4.78 is 11.0. The van der Waals surface area contributed by atoms with Crippen molar-refractivity contribution in [3.8, 4) is 11.5 Å². The van der Waals surface area contributed by atoms with Crippen molar-refractivity contribution in [2.45, 2.75) is 46.3 Å². The molecule has 0 radical (unpaired) electrons. The molecule has 2 amide bonds. The third-order valence-corrected chi connectivity index (χ3v) is 4.45. The van der Waals surface area contributed by atoms with Crippen LogP contribution in [-0.2, 0) is 16.1 Å². The molecule has 2 aromatic carbocycles. The fourth-order valence-corrected chi connectivity index (χ4v) is 2.96. The molecule has 1 N–H and O–H groups in total. The minimum Gasteiger partial charge on any atom is -0.493 e. The lowest BCUT2D eigenvalue weighted by molar-refractivity contribution is -0.142. The van der Waals surface area contributed by atoms with Crippen LogP contribution in [0.25, 0.3) is 0 Å². The van der Waals surface area contributed by atoms with Gasteiger partial charge in [-0.15, -0.1) is 0 Å². The fraction of sp³-hybridized carbons (Fsp3) is 0.391. The Morgan fingerprint density at radius 2 is 1.72 bits per heavy atom. The number of rotatable bonds is 9. The summed E-state index contributed by atoms with van der Waals surface area (Å²) >= 11 is 0. The van der Waals surface area contributed by atoms with E-state index in [1.165, 1.54) is 0 Å². The predicted octanol–water partition coefficient (Wildman–Crippen LogP) is 3.32. The van der Waals surface area contributed by atoms with E-state index in [1.807, 2.05) is 57.2 Å². The maximum absolute atomic E-state index is 13.0. The minimum atomic E-state index is -0.633. The third kappa shape index (κ3) is 6.52. The van der Waals surface area contributed by atoms with E-state index in [4.69, 9.17) is 9.47 Å². The average molecular weight is 399 g/mol. The topological polar surface area (TPSA) is 67.9 Å². The van der Waals surface area contributed by atoms with Gasteiger partial charge < -0.3 is 19.7 Å². The Morgan fingerprint density at radius 3 is 2.34 bits per heavy atom. The van der Waals surface area contributed by atoms with Crippen LogP contribution in [0.15, 0.2) is 48.5 Å². The van der Waals surface area contributed by atoms with Crippen LogP contribution in [0.4, 0.5) is 0 Å². The zero-order chi connectivity index (χ0) is 21.4. The average Bonchev–Trinajstić information content (AvgIpc) is 2.69. The molecular weight excluding hydrogens is 368 g/mol. The van der Waals surface area contributed by atoms with Crippen LogP contribution >= 0.6 is 0 Å². The second-order valence-electron chi connectivity index (χ2n) is 7.29. The van der Waals surface area contributed by atoms with E-state index in [0.29, 0.717) is 18.0 Å². The number of nitrogens with one attached hydrogen (secondary N) is 1. The minimum absolute atomic E-state index is 0.00861. The summed E-state index contributed by atoms with van der Waals surface area (Å²) in [6.07, 6.45) is 0. The number of hydrogen-bond donors (Lipinski definition) is 1. The maximum Gasteiger partial charge on any atom is 0.261 e. The monoisotopic (exact) mass is 398 g/mol. The molecule has 0 aliphatic heterocycles. The highest BCUT2D eigenvalue weighted by molar-refractivity contribution is 5.88. The lowest BCUT2D eigenvalue weighted by atomic mass is 10.1. The molecule has 0 fully saturated rings. The van der Waals surface area contributed by atoms with Gasteiger partial charge in [-0.25, -0.2) is 0 Å². The van der Waals surface area contributed by atoms with Gasteiger partial charge in [-0.2, -0.15) is 0 Å². The van der Waals surface area contributed by atoms with Gasteiger partial charge in [0, 0.05) is 12.6 Å². The Hall–Kier alpha value is -3.02. The lowest BCUT2D eigenvalue weighted by Crippen LogP contribution is -2.50. The first-order valence-electron chi connectivity index (χ1n) is 9.73. The first-order valence-corrected chi connectivity index (χ1v) is 9.73. The Balaban J connectivity index is 2.18. The summed E-state index contributed by atoms with van der Waals surface area (Å²) in [6.45, 7) is 7.64. The van der Waals surface area contributed by atoms with Gasteiger partial charge in [0.1, 0.15) is 6.04 Å². The van der Waals surface area contributed by atoms with Crippen molar-refractivity contribution in [1.82, 2.24) is 10.2 Å². The van der Waals surface area contributed by atoms with Gasteiger partial charge in [-0.3, -0.25) is 9.59 Å². The Labute approximate surface area is 172 Å². The van der Waals surface area contributed by atoms with Crippen molar-refractivity contribution >= 4 is 11.8 Å². The number of carbonyl (C=O) groups is 2. The Morgan fingerprint density at radius 1 is 1.03 bits per heavy atom. The first kappa shape index (κ1) is 22.3. The molecule has 0 saturated heterocycles. The van der Waals surface area contributed by atoms with Gasteiger partial charge in [-0.05, 0) is 45.4 Å². The van der Waals surface area contributed by atoms with Crippen molar-refractivity contribution in [3.05, 3.63) is 59.7 Å². The van der Waals surface area contributed by atoms with E-state index >= 15 is 0 Å². The standard InChI is InChI=1S/C23H30N2O4/c1-16(2)24-23(27)18(4)25(14-19-10-8-9-17(3)13-19)22(26)15-29-21-12-7-6-11-20(21)28-5/h6-13,16,18H,14-15H2,1-5H3,(H,24,27)/t18-/m1/s1. The van der Waals surface area contributed by atoms with E-state index in [9.17, 15) is 9.59 Å². The quantitative estimate of drug-likeness (QED) is 0.704. The van der Waals surface area contributed by atoms with Gasteiger partial charge in [-0.1, -0.05) is 42.0 Å². The van der Waals surface area contributed by atoms with Gasteiger partial charge in [0.15, 0.2) is 18.1 Å². The summed E-state index contributed by atoms with van der Waals surface area (Å²) in [6, 6.07) is 14.4. The number of ether oxygens (including phenoxy) is 2. The second-order valence-corrected chi connectivity index (χ2v) is 7.29. The molecule has 0 heterocycles. The molecule has 0 aliphatic carbocycles. The summed E-state index contributed by atoms with van der Waals surface area (Å²) in [4.78, 5) is 27.1. The number of hydrogen-bond acceptors (Lipinski definition) is 4. The smallest absolute Gasteiger partial charge is 0.261 e. The summed E-state index contributed by atoms with van der Waals surface area (Å²) in [5.41, 5.74) is 2.05. The number of para-hydroxylation sites is 2. The molecule has 0 saturated carbocycles. The molecule has 156 valence electrons. The zero-order valence-electron chi connectivity index (χ0n) is 17.8. The largest absolute Gasteiger partial charge is 0.493 e. The molecule has 0 spiro atoms. The first-order chi connectivity index (χ1) is 13.8. The molecule has 6 heteroatoms. The maximum atomic E-state index is 13.0. The fourth-order valence-electron chi connectivity index (χ4n) is 2.96. The van der Waals surface area contributed by atoms with Crippen LogP contribution in [-0.4, -0.2) is 42.5 Å². The van der Waals surface area contributed by atoms with Crippen molar-refractivity contribution in [2.24, 2.45) is 0 Å². The normalized spacial score (nSPS) is 11.7. The van der Waals surface area contributed by atoms with Crippen molar-refractivity contribution in [2.75, 3.05) is 13.7 Å². The number of benzene rings is 2. The van der Waals surface area contributed by atoms with Crippen LogP contribution in [0, 0.1) is 6.92 Å². The van der Waals surface area contributed by atoms with Crippen molar-refractivity contribution < 1.29 is 19.1 Å². The van der Waals surface area contributed by atoms with E-state index in [2.05, 4.69) is 5.32 Å². The number of nitrogens with zero attached hydrogens (tertiary/aromatic N) is 1. The van der Waals surface area contributed by atoms with E-state index in [1.54, 1.807) is 31.1 Å². The van der Waals surface area contributed by atoms with Crippen LogP contribution in [0.3, 0.4) is 0 Å². The molecule has 0 aromatic heterocycles. The van der Waals surface area contributed by atoms with Gasteiger partial charge in [0.25, 0.3) is 5.91 Å². The number of aryl methyl sites for hydroxylation is 1. The summed E-state index contributed by atoms with van der Waals surface area (Å²) in [5.74, 6) is 0.566. The van der Waals surface area contributed by atoms with Crippen LogP contribution in [0.2, 0.25) is 0 Å². The Bertz CT molecular complexity index is 835. The predicted molar refractivity (Wildman–Crippen MR) is 113 cm³/mol. The molecular formula is C23H30N2O4. The van der Waals surface area contributed by atoms with E-state index in [-0.39, 0.29) is 24.5 Å². The van der Waals surface area contributed by atoms with Crippen molar-refractivity contribution in [3.63, 3.8) is 0 Å². The molecule has 6 nitrogen and oxygen atoms in total. The van der Waals surface area contributed by atoms with E-state index in [0.717, 1.165) is 11.1 Å². The third-order valence-electron chi connectivity index (χ3n) is 4.45. The molecule has 2 aromatic rings. The highest BCUT2D eigenvalue weighted by Crippen LogP contribution is 2.25. The van der Waals surface area contributed by atoms with Crippen LogP contribution < -0.4 is 14.8 Å². The highest BCUT2D eigenvalue weighted by Gasteiger charge is 2.27. The molecule has 0 unspecified atom stereocenters. The highest BCUT2D eigenvalue weighted by atomic mass is 16.5. The van der Waals surface area contributed by atoms with Gasteiger partial charge in [0.05, 0.1) is 7.11 Å². The molecule has 29 heavy (non-hydrogen) atoms. The van der Waals surface area contributed by atoms with Crippen LogP contribution in [0.1, 0.15) is 31.9 Å². The molecule has 2 rings (SSSR count). The summed E-state index contributed by atoms with van der Waals surface area (Å²) in [7, 11) is 1.55. The molecule has 0 aliphatic rings. The SMILES string of the molecule is COc1ccccc1OCC(=O)N(Cc1cccc(C)c1)[C@H](C)C(=O)NC(C)C. The zero-order valence-corrected chi connectivity index (χ0v) is 17.8. The second kappa shape index (κ2) is 10.5. The van der Waals surface area contributed by atoms with Crippen LogP contribution in [0.5, 0.6) is 11.5 Å². The number of carbonyl (C=O) groups excluding carboxylic acids is 2. The van der Waals surface area contributed by atoms with E-state index < -0.39 is 6.04 Å². The number of methoxy groups -OCH3 is 1. The lowest BCUT2D eigenvalue weighted by Gasteiger charge is -2.29.